The molecule has 0 saturated heterocycles. The molecule has 0 aliphatic heterocycles. The van der Waals surface area contributed by atoms with E-state index in [9.17, 15) is 9.59 Å². The van der Waals surface area contributed by atoms with E-state index < -0.39 is 5.91 Å². The molecule has 4 nitrogen and oxygen atoms in total. The van der Waals surface area contributed by atoms with Gasteiger partial charge >= 0.3 is 0 Å². The molecule has 4 heteroatoms. The third-order valence-corrected chi connectivity index (χ3v) is 3.82. The smallest absolute Gasteiger partial charge is 0.291 e. The molecule has 0 atom stereocenters. The van der Waals surface area contributed by atoms with Crippen LogP contribution < -0.4 is 10.7 Å². The van der Waals surface area contributed by atoms with Crippen LogP contribution in [0, 0.1) is 20.8 Å². The fourth-order valence-corrected chi connectivity index (χ4v) is 2.48. The Hall–Kier alpha value is -2.88. The molecule has 0 aliphatic carbocycles. The quantitative estimate of drug-likeness (QED) is 0.779. The van der Waals surface area contributed by atoms with Crippen LogP contribution in [-0.2, 0) is 0 Å². The number of anilines is 1. The number of carbonyl (C=O) groups excluding carboxylic acids is 1. The summed E-state index contributed by atoms with van der Waals surface area (Å²) in [6.07, 6.45) is 0. The lowest BCUT2D eigenvalue weighted by molar-refractivity contribution is 0.0997. The van der Waals surface area contributed by atoms with Crippen LogP contribution in [-0.4, -0.2) is 5.91 Å². The van der Waals surface area contributed by atoms with Crippen molar-refractivity contribution in [2.45, 2.75) is 20.8 Å². The van der Waals surface area contributed by atoms with Crippen molar-refractivity contribution in [1.82, 2.24) is 0 Å². The summed E-state index contributed by atoms with van der Waals surface area (Å²) in [5.74, 6) is -0.418. The number of aryl methyl sites for hydroxylation is 3. The van der Waals surface area contributed by atoms with E-state index >= 15 is 0 Å². The maximum absolute atomic E-state index is 12.4. The van der Waals surface area contributed by atoms with E-state index in [-0.39, 0.29) is 11.2 Å². The highest BCUT2D eigenvalue weighted by atomic mass is 16.3. The third-order valence-electron chi connectivity index (χ3n) is 3.82. The first-order chi connectivity index (χ1) is 11.0. The van der Waals surface area contributed by atoms with Crippen LogP contribution >= 0.6 is 0 Å². The average Bonchev–Trinajstić information content (AvgIpc) is 2.51. The van der Waals surface area contributed by atoms with Crippen LogP contribution in [0.15, 0.2) is 51.7 Å². The zero-order valence-electron chi connectivity index (χ0n) is 13.3. The van der Waals surface area contributed by atoms with Gasteiger partial charge in [-0.2, -0.15) is 0 Å². The van der Waals surface area contributed by atoms with Crippen LogP contribution in [0.4, 0.5) is 5.69 Å². The maximum atomic E-state index is 12.4. The first-order valence-electron chi connectivity index (χ1n) is 7.38. The second kappa shape index (κ2) is 5.72. The van der Waals surface area contributed by atoms with Gasteiger partial charge in [0.05, 0.1) is 5.39 Å². The Bertz CT molecular complexity index is 970. The predicted molar refractivity (Wildman–Crippen MR) is 91.1 cm³/mol. The minimum Gasteiger partial charge on any atom is -0.450 e. The molecule has 1 N–H and O–H groups in total. The molecule has 0 spiro atoms. The molecule has 0 radical (unpaired) electrons. The summed E-state index contributed by atoms with van der Waals surface area (Å²) in [7, 11) is 0. The van der Waals surface area contributed by atoms with Gasteiger partial charge in [-0.25, -0.2) is 0 Å². The molecule has 3 rings (SSSR count). The number of amides is 1. The minimum absolute atomic E-state index is 0.0118. The Morgan fingerprint density at radius 1 is 1.00 bits per heavy atom. The topological polar surface area (TPSA) is 59.3 Å². The van der Waals surface area contributed by atoms with Gasteiger partial charge in [-0.05, 0) is 49.6 Å². The molecule has 23 heavy (non-hydrogen) atoms. The van der Waals surface area contributed by atoms with E-state index in [1.165, 1.54) is 6.07 Å². The average molecular weight is 307 g/mol. The van der Waals surface area contributed by atoms with Crippen molar-refractivity contribution in [3.8, 4) is 0 Å². The molecule has 3 aromatic rings. The maximum Gasteiger partial charge on any atom is 0.291 e. The molecule has 0 aliphatic rings. The lowest BCUT2D eigenvalue weighted by Gasteiger charge is -2.09. The first kappa shape index (κ1) is 15.0. The van der Waals surface area contributed by atoms with E-state index in [0.29, 0.717) is 16.7 Å². The van der Waals surface area contributed by atoms with Crippen molar-refractivity contribution in [1.29, 1.82) is 0 Å². The van der Waals surface area contributed by atoms with Crippen molar-refractivity contribution in [3.63, 3.8) is 0 Å². The van der Waals surface area contributed by atoms with Crippen molar-refractivity contribution >= 4 is 22.6 Å². The second-order valence-electron chi connectivity index (χ2n) is 5.70. The molecule has 0 bridgehead atoms. The van der Waals surface area contributed by atoms with Gasteiger partial charge < -0.3 is 9.73 Å². The summed E-state index contributed by atoms with van der Waals surface area (Å²) in [6, 6.07) is 12.4. The van der Waals surface area contributed by atoms with Crippen molar-refractivity contribution in [2.75, 3.05) is 5.32 Å². The van der Waals surface area contributed by atoms with Gasteiger partial charge in [0.1, 0.15) is 5.58 Å². The van der Waals surface area contributed by atoms with Gasteiger partial charge in [-0.3, -0.25) is 9.59 Å². The number of hydrogen-bond acceptors (Lipinski definition) is 3. The number of carbonyl (C=O) groups is 1. The molecule has 0 unspecified atom stereocenters. The number of benzene rings is 2. The molecule has 1 aromatic heterocycles. The normalized spacial score (nSPS) is 10.7. The van der Waals surface area contributed by atoms with E-state index in [0.717, 1.165) is 16.7 Å². The highest BCUT2D eigenvalue weighted by Gasteiger charge is 2.14. The SMILES string of the molecule is Cc1ccc(C)c(NC(=O)c2cc(=O)c3cccc(C)c3o2)c1. The van der Waals surface area contributed by atoms with Crippen LogP contribution in [0.5, 0.6) is 0 Å². The standard InChI is InChI=1S/C19H17NO3/c1-11-7-8-12(2)15(9-11)20-19(22)17-10-16(21)14-6-4-5-13(3)18(14)23-17/h4-10H,1-3H3,(H,20,22). The first-order valence-corrected chi connectivity index (χ1v) is 7.38. The van der Waals surface area contributed by atoms with Crippen LogP contribution in [0.2, 0.25) is 0 Å². The van der Waals surface area contributed by atoms with Gasteiger partial charge in [0.15, 0.2) is 11.2 Å². The number of hydrogen-bond donors (Lipinski definition) is 1. The van der Waals surface area contributed by atoms with Gasteiger partial charge in [0.2, 0.25) is 0 Å². The Morgan fingerprint density at radius 3 is 2.57 bits per heavy atom. The van der Waals surface area contributed by atoms with Gasteiger partial charge in [0.25, 0.3) is 5.91 Å². The number of fused-ring (bicyclic) bond motifs is 1. The molecule has 1 amide bonds. The van der Waals surface area contributed by atoms with Gasteiger partial charge in [-0.1, -0.05) is 24.3 Å². The van der Waals surface area contributed by atoms with E-state index in [2.05, 4.69) is 5.32 Å². The fourth-order valence-electron chi connectivity index (χ4n) is 2.48. The number of rotatable bonds is 2. The molecule has 0 fully saturated rings. The fraction of sp³-hybridized carbons (Fsp3) is 0.158. The summed E-state index contributed by atoms with van der Waals surface area (Å²) in [5.41, 5.74) is 3.75. The Labute approximate surface area is 133 Å². The van der Waals surface area contributed by atoms with E-state index in [1.54, 1.807) is 12.1 Å². The third kappa shape index (κ3) is 2.88. The van der Waals surface area contributed by atoms with Gasteiger partial charge in [-0.15, -0.1) is 0 Å². The Kier molecular flexibility index (Phi) is 3.74. The van der Waals surface area contributed by atoms with Crippen molar-refractivity contribution < 1.29 is 9.21 Å². The lowest BCUT2D eigenvalue weighted by Crippen LogP contribution is -2.15. The van der Waals surface area contributed by atoms with E-state index in [1.807, 2.05) is 45.0 Å². The number of nitrogens with one attached hydrogen (secondary N) is 1. The van der Waals surface area contributed by atoms with Crippen molar-refractivity contribution in [2.24, 2.45) is 0 Å². The molecule has 0 saturated carbocycles. The zero-order chi connectivity index (χ0) is 16.6. The molecule has 1 heterocycles. The highest BCUT2D eigenvalue weighted by Crippen LogP contribution is 2.20. The zero-order valence-corrected chi connectivity index (χ0v) is 13.3. The molecular formula is C19H17NO3. The largest absolute Gasteiger partial charge is 0.450 e. The van der Waals surface area contributed by atoms with Gasteiger partial charge in [0, 0.05) is 11.8 Å². The summed E-state index contributed by atoms with van der Waals surface area (Å²) in [6.45, 7) is 5.71. The molecule has 116 valence electrons. The monoisotopic (exact) mass is 307 g/mol. The van der Waals surface area contributed by atoms with Crippen LogP contribution in [0.1, 0.15) is 27.2 Å². The van der Waals surface area contributed by atoms with Crippen molar-refractivity contribution in [3.05, 3.63) is 75.1 Å². The Balaban J connectivity index is 2.03. The summed E-state index contributed by atoms with van der Waals surface area (Å²) in [4.78, 5) is 24.6. The highest BCUT2D eigenvalue weighted by molar-refractivity contribution is 6.03. The molecular weight excluding hydrogens is 290 g/mol. The summed E-state index contributed by atoms with van der Waals surface area (Å²) in [5, 5.41) is 3.29. The number of para-hydroxylation sites is 1. The second-order valence-corrected chi connectivity index (χ2v) is 5.70. The lowest BCUT2D eigenvalue weighted by atomic mass is 10.1. The summed E-state index contributed by atoms with van der Waals surface area (Å²) < 4.78 is 5.67. The molecule has 2 aromatic carbocycles. The Morgan fingerprint density at radius 2 is 1.78 bits per heavy atom. The minimum atomic E-state index is -0.430. The van der Waals surface area contributed by atoms with Crippen LogP contribution in [0.25, 0.3) is 11.0 Å². The van der Waals surface area contributed by atoms with E-state index in [4.69, 9.17) is 4.42 Å². The summed E-state index contributed by atoms with van der Waals surface area (Å²) >= 11 is 0. The van der Waals surface area contributed by atoms with Crippen LogP contribution in [0.3, 0.4) is 0 Å². The predicted octanol–water partition coefficient (Wildman–Crippen LogP) is 3.97.